The van der Waals surface area contributed by atoms with Gasteiger partial charge in [0.15, 0.2) is 0 Å². The average Bonchev–Trinajstić information content (AvgIpc) is 2.37. The minimum Gasteiger partial charge on any atom is -0.380 e. The highest BCUT2D eigenvalue weighted by atomic mass is 16.5. The first-order valence-corrected chi connectivity index (χ1v) is 8.12. The maximum absolute atomic E-state index is 5.63. The van der Waals surface area contributed by atoms with Crippen molar-refractivity contribution in [3.8, 4) is 0 Å². The van der Waals surface area contributed by atoms with Crippen LogP contribution in [0.4, 0.5) is 0 Å². The van der Waals surface area contributed by atoms with Crippen molar-refractivity contribution >= 4 is 0 Å². The molecule has 0 spiro atoms. The van der Waals surface area contributed by atoms with Crippen LogP contribution in [-0.2, 0) is 4.74 Å². The van der Waals surface area contributed by atoms with E-state index in [-0.39, 0.29) is 0 Å². The summed E-state index contributed by atoms with van der Waals surface area (Å²) in [6.45, 7) is 9.60. The molecule has 2 heteroatoms. The van der Waals surface area contributed by atoms with Crippen LogP contribution in [0, 0.1) is 0 Å². The summed E-state index contributed by atoms with van der Waals surface area (Å²) in [5.41, 5.74) is 0. The van der Waals surface area contributed by atoms with Crippen LogP contribution in [0.2, 0.25) is 0 Å². The molecule has 0 aliphatic carbocycles. The van der Waals surface area contributed by atoms with E-state index in [4.69, 9.17) is 4.74 Å². The lowest BCUT2D eigenvalue weighted by molar-refractivity contribution is 0.129. The third-order valence-corrected chi connectivity index (χ3v) is 3.37. The van der Waals surface area contributed by atoms with Crippen molar-refractivity contribution in [2.24, 2.45) is 0 Å². The van der Waals surface area contributed by atoms with E-state index in [0.717, 1.165) is 19.8 Å². The number of hydrogen-bond donors (Lipinski definition) is 1. The standard InChI is InChI=1S/C16H35NO/c1-4-6-8-9-11-14-18-15-13-17-16(3)12-10-7-5-2/h16-17H,4-15H2,1-3H3. The summed E-state index contributed by atoms with van der Waals surface area (Å²) in [4.78, 5) is 0. The molecule has 0 aliphatic rings. The maximum atomic E-state index is 5.63. The Morgan fingerprint density at radius 3 is 2.22 bits per heavy atom. The van der Waals surface area contributed by atoms with Crippen molar-refractivity contribution in [1.82, 2.24) is 5.32 Å². The normalized spacial score (nSPS) is 12.8. The fraction of sp³-hybridized carbons (Fsp3) is 1.00. The van der Waals surface area contributed by atoms with Gasteiger partial charge in [-0.3, -0.25) is 0 Å². The molecule has 0 fully saturated rings. The summed E-state index contributed by atoms with van der Waals surface area (Å²) in [7, 11) is 0. The first-order valence-electron chi connectivity index (χ1n) is 8.12. The Hall–Kier alpha value is -0.0800. The third kappa shape index (κ3) is 14.0. The van der Waals surface area contributed by atoms with Crippen LogP contribution in [0.15, 0.2) is 0 Å². The monoisotopic (exact) mass is 257 g/mol. The number of rotatable bonds is 14. The Bertz CT molecular complexity index is 150. The zero-order valence-corrected chi connectivity index (χ0v) is 13.0. The minimum atomic E-state index is 0.643. The number of unbranched alkanes of at least 4 members (excludes halogenated alkanes) is 6. The molecule has 0 heterocycles. The topological polar surface area (TPSA) is 21.3 Å². The van der Waals surface area contributed by atoms with Gasteiger partial charge in [0.25, 0.3) is 0 Å². The Morgan fingerprint density at radius 2 is 1.50 bits per heavy atom. The third-order valence-electron chi connectivity index (χ3n) is 3.37. The molecule has 2 nitrogen and oxygen atoms in total. The van der Waals surface area contributed by atoms with E-state index >= 15 is 0 Å². The number of nitrogens with one attached hydrogen (secondary N) is 1. The first-order chi connectivity index (χ1) is 8.81. The molecule has 1 unspecified atom stereocenters. The van der Waals surface area contributed by atoms with Crippen molar-refractivity contribution in [1.29, 1.82) is 0 Å². The van der Waals surface area contributed by atoms with E-state index in [9.17, 15) is 0 Å². The molecule has 0 amide bonds. The molecule has 1 N–H and O–H groups in total. The second kappa shape index (κ2) is 15.0. The van der Waals surface area contributed by atoms with E-state index in [0.29, 0.717) is 6.04 Å². The summed E-state index contributed by atoms with van der Waals surface area (Å²) in [6, 6.07) is 0.643. The Morgan fingerprint density at radius 1 is 0.833 bits per heavy atom. The van der Waals surface area contributed by atoms with Gasteiger partial charge >= 0.3 is 0 Å². The highest BCUT2D eigenvalue weighted by Gasteiger charge is 1.99. The van der Waals surface area contributed by atoms with Gasteiger partial charge in [0.1, 0.15) is 0 Å². The first kappa shape index (κ1) is 17.9. The molecular weight excluding hydrogens is 222 g/mol. The quantitative estimate of drug-likeness (QED) is 0.462. The summed E-state index contributed by atoms with van der Waals surface area (Å²) in [5, 5.41) is 3.53. The Labute approximate surface area is 115 Å². The van der Waals surface area contributed by atoms with Gasteiger partial charge in [0.2, 0.25) is 0 Å². The SMILES string of the molecule is CCCCCCCOCCNC(C)CCCCC. The highest BCUT2D eigenvalue weighted by molar-refractivity contribution is 4.60. The average molecular weight is 257 g/mol. The zero-order chi connectivity index (χ0) is 13.5. The van der Waals surface area contributed by atoms with Crippen LogP contribution >= 0.6 is 0 Å². The fourth-order valence-corrected chi connectivity index (χ4v) is 2.09. The van der Waals surface area contributed by atoms with Crippen LogP contribution < -0.4 is 5.32 Å². The molecule has 0 bridgehead atoms. The van der Waals surface area contributed by atoms with E-state index in [2.05, 4.69) is 26.1 Å². The lowest BCUT2D eigenvalue weighted by atomic mass is 10.1. The molecule has 0 aliphatic heterocycles. The van der Waals surface area contributed by atoms with Gasteiger partial charge in [-0.2, -0.15) is 0 Å². The van der Waals surface area contributed by atoms with Gasteiger partial charge in [-0.05, 0) is 19.8 Å². The van der Waals surface area contributed by atoms with E-state index in [1.165, 1.54) is 57.8 Å². The van der Waals surface area contributed by atoms with Crippen molar-refractivity contribution in [3.05, 3.63) is 0 Å². The minimum absolute atomic E-state index is 0.643. The predicted octanol–water partition coefficient (Wildman–Crippen LogP) is 4.53. The Kier molecular flexibility index (Phi) is 14.9. The molecule has 18 heavy (non-hydrogen) atoms. The second-order valence-corrected chi connectivity index (χ2v) is 5.38. The van der Waals surface area contributed by atoms with Crippen molar-refractivity contribution < 1.29 is 4.74 Å². The zero-order valence-electron chi connectivity index (χ0n) is 13.0. The summed E-state index contributed by atoms with van der Waals surface area (Å²) in [5.74, 6) is 0. The van der Waals surface area contributed by atoms with Crippen molar-refractivity contribution in [2.45, 2.75) is 84.6 Å². The van der Waals surface area contributed by atoms with Gasteiger partial charge in [-0.15, -0.1) is 0 Å². The molecular formula is C16H35NO. The molecule has 0 rings (SSSR count). The van der Waals surface area contributed by atoms with Crippen molar-refractivity contribution in [2.75, 3.05) is 19.8 Å². The number of ether oxygens (including phenoxy) is 1. The summed E-state index contributed by atoms with van der Waals surface area (Å²) in [6.07, 6.45) is 11.9. The maximum Gasteiger partial charge on any atom is 0.0590 e. The van der Waals surface area contributed by atoms with Gasteiger partial charge in [-0.25, -0.2) is 0 Å². The molecule has 0 saturated heterocycles. The molecule has 0 aromatic heterocycles. The van der Waals surface area contributed by atoms with E-state index in [1.807, 2.05) is 0 Å². The van der Waals surface area contributed by atoms with Gasteiger partial charge in [0, 0.05) is 19.2 Å². The van der Waals surface area contributed by atoms with E-state index < -0.39 is 0 Å². The van der Waals surface area contributed by atoms with E-state index in [1.54, 1.807) is 0 Å². The van der Waals surface area contributed by atoms with Crippen LogP contribution in [0.3, 0.4) is 0 Å². The van der Waals surface area contributed by atoms with Crippen LogP contribution in [0.1, 0.15) is 78.6 Å². The van der Waals surface area contributed by atoms with Gasteiger partial charge in [-0.1, -0.05) is 58.8 Å². The predicted molar refractivity (Wildman–Crippen MR) is 81.2 cm³/mol. The molecule has 0 saturated carbocycles. The molecule has 0 aromatic carbocycles. The molecule has 0 radical (unpaired) electrons. The largest absolute Gasteiger partial charge is 0.380 e. The summed E-state index contributed by atoms with van der Waals surface area (Å²) >= 11 is 0. The molecule has 1 atom stereocenters. The highest BCUT2D eigenvalue weighted by Crippen LogP contribution is 2.03. The molecule has 0 aromatic rings. The van der Waals surface area contributed by atoms with Crippen LogP contribution in [0.5, 0.6) is 0 Å². The fourth-order valence-electron chi connectivity index (χ4n) is 2.09. The lowest BCUT2D eigenvalue weighted by Gasteiger charge is -2.13. The van der Waals surface area contributed by atoms with Gasteiger partial charge < -0.3 is 10.1 Å². The number of hydrogen-bond acceptors (Lipinski definition) is 2. The lowest BCUT2D eigenvalue weighted by Crippen LogP contribution is -2.29. The van der Waals surface area contributed by atoms with Crippen molar-refractivity contribution in [3.63, 3.8) is 0 Å². The van der Waals surface area contributed by atoms with Crippen LogP contribution in [-0.4, -0.2) is 25.8 Å². The second-order valence-electron chi connectivity index (χ2n) is 5.38. The molecule has 110 valence electrons. The smallest absolute Gasteiger partial charge is 0.0590 e. The Balaban J connectivity index is 3.05. The van der Waals surface area contributed by atoms with Crippen LogP contribution in [0.25, 0.3) is 0 Å². The van der Waals surface area contributed by atoms with Gasteiger partial charge in [0.05, 0.1) is 6.61 Å². The summed E-state index contributed by atoms with van der Waals surface area (Å²) < 4.78 is 5.63.